The third kappa shape index (κ3) is 3.51. The van der Waals surface area contributed by atoms with E-state index < -0.39 is 0 Å². The van der Waals surface area contributed by atoms with Gasteiger partial charge in [0.15, 0.2) is 0 Å². The number of nitrogens with two attached hydrogens (primary N) is 1. The first-order chi connectivity index (χ1) is 8.84. The lowest BCUT2D eigenvalue weighted by Crippen LogP contribution is -2.52. The Labute approximate surface area is 117 Å². The number of nitrogens with one attached hydrogen (secondary N) is 1. The molecule has 108 valence electrons. The number of terminal acetylenes is 1. The van der Waals surface area contributed by atoms with Crippen LogP contribution in [0.2, 0.25) is 0 Å². The van der Waals surface area contributed by atoms with Crippen molar-refractivity contribution in [2.75, 3.05) is 0 Å². The van der Waals surface area contributed by atoms with E-state index in [2.05, 4.69) is 32.0 Å². The second kappa shape index (κ2) is 6.43. The van der Waals surface area contributed by atoms with Crippen LogP contribution in [-0.2, 0) is 4.79 Å². The first-order valence-corrected chi connectivity index (χ1v) is 7.34. The van der Waals surface area contributed by atoms with Gasteiger partial charge in [0.1, 0.15) is 0 Å². The van der Waals surface area contributed by atoms with Gasteiger partial charge in [0.25, 0.3) is 0 Å². The average molecular weight is 264 g/mol. The molecule has 19 heavy (non-hydrogen) atoms. The van der Waals surface area contributed by atoms with Crippen molar-refractivity contribution in [3.8, 4) is 12.3 Å². The minimum absolute atomic E-state index is 0.0362. The zero-order chi connectivity index (χ0) is 14.6. The molecule has 1 aliphatic carbocycles. The van der Waals surface area contributed by atoms with Crippen molar-refractivity contribution in [1.29, 1.82) is 0 Å². The summed E-state index contributed by atoms with van der Waals surface area (Å²) < 4.78 is 0. The van der Waals surface area contributed by atoms with Gasteiger partial charge in [0, 0.05) is 24.4 Å². The smallest absolute Gasteiger partial charge is 0.223 e. The van der Waals surface area contributed by atoms with Gasteiger partial charge in [-0.25, -0.2) is 0 Å². The molecular weight excluding hydrogens is 236 g/mol. The number of rotatable bonds is 4. The summed E-state index contributed by atoms with van der Waals surface area (Å²) in [6, 6.07) is 0.297. The molecule has 3 heteroatoms. The molecule has 1 amide bonds. The Morgan fingerprint density at radius 1 is 1.53 bits per heavy atom. The standard InChI is InChI=1S/C16H28N2O/c1-6-8-12(7-2)18-15(19)13-9-10-14(17)11(3)16(13,4)5/h1,11-14H,7-10,17H2,2-5H3,(H,18,19). The topological polar surface area (TPSA) is 55.1 Å². The Morgan fingerprint density at radius 2 is 2.16 bits per heavy atom. The second-order valence-corrected chi connectivity index (χ2v) is 6.43. The van der Waals surface area contributed by atoms with Crippen LogP contribution in [0.1, 0.15) is 53.4 Å². The molecule has 3 N–H and O–H groups in total. The number of hydrogen-bond acceptors (Lipinski definition) is 2. The van der Waals surface area contributed by atoms with Crippen LogP contribution >= 0.6 is 0 Å². The molecule has 1 rings (SSSR count). The van der Waals surface area contributed by atoms with Gasteiger partial charge in [-0.05, 0) is 30.6 Å². The molecule has 0 aromatic rings. The van der Waals surface area contributed by atoms with Gasteiger partial charge in [0.2, 0.25) is 5.91 Å². The van der Waals surface area contributed by atoms with E-state index >= 15 is 0 Å². The van der Waals surface area contributed by atoms with E-state index in [0.717, 1.165) is 19.3 Å². The molecule has 1 aliphatic rings. The fraction of sp³-hybridized carbons (Fsp3) is 0.812. The van der Waals surface area contributed by atoms with Crippen LogP contribution in [0.5, 0.6) is 0 Å². The summed E-state index contributed by atoms with van der Waals surface area (Å²) in [6.45, 7) is 8.52. The van der Waals surface area contributed by atoms with E-state index in [-0.39, 0.29) is 29.3 Å². The second-order valence-electron chi connectivity index (χ2n) is 6.43. The molecule has 0 aromatic heterocycles. The van der Waals surface area contributed by atoms with Crippen molar-refractivity contribution >= 4 is 5.91 Å². The molecule has 1 saturated carbocycles. The first-order valence-electron chi connectivity index (χ1n) is 7.34. The summed E-state index contributed by atoms with van der Waals surface area (Å²) in [6.07, 6.45) is 8.61. The van der Waals surface area contributed by atoms with E-state index in [1.807, 2.05) is 6.92 Å². The largest absolute Gasteiger partial charge is 0.352 e. The number of amides is 1. The maximum Gasteiger partial charge on any atom is 0.223 e. The third-order valence-corrected chi connectivity index (χ3v) is 5.02. The van der Waals surface area contributed by atoms with Crippen LogP contribution in [0, 0.1) is 29.6 Å². The van der Waals surface area contributed by atoms with Gasteiger partial charge in [-0.1, -0.05) is 27.7 Å². The quantitative estimate of drug-likeness (QED) is 0.766. The molecule has 0 aromatic carbocycles. The molecule has 3 nitrogen and oxygen atoms in total. The lowest BCUT2D eigenvalue weighted by molar-refractivity contribution is -0.133. The first kappa shape index (κ1) is 16.0. The molecule has 0 radical (unpaired) electrons. The van der Waals surface area contributed by atoms with E-state index in [0.29, 0.717) is 12.3 Å². The maximum absolute atomic E-state index is 12.5. The van der Waals surface area contributed by atoms with E-state index in [1.165, 1.54) is 0 Å². The Morgan fingerprint density at radius 3 is 2.68 bits per heavy atom. The number of hydrogen-bond donors (Lipinski definition) is 2. The highest BCUT2D eigenvalue weighted by atomic mass is 16.2. The Hall–Kier alpha value is -1.01. The Kier molecular flexibility index (Phi) is 5.43. The van der Waals surface area contributed by atoms with Crippen LogP contribution in [0.15, 0.2) is 0 Å². The highest BCUT2D eigenvalue weighted by Crippen LogP contribution is 2.44. The van der Waals surface area contributed by atoms with Crippen molar-refractivity contribution in [2.45, 2.75) is 65.5 Å². The average Bonchev–Trinajstić information content (AvgIpc) is 2.35. The summed E-state index contributed by atoms with van der Waals surface area (Å²) in [4.78, 5) is 12.5. The van der Waals surface area contributed by atoms with Crippen LogP contribution in [0.3, 0.4) is 0 Å². The van der Waals surface area contributed by atoms with Gasteiger partial charge in [0.05, 0.1) is 0 Å². The summed E-state index contributed by atoms with van der Waals surface area (Å²) in [5.41, 5.74) is 6.07. The molecule has 4 atom stereocenters. The minimum Gasteiger partial charge on any atom is -0.352 e. The van der Waals surface area contributed by atoms with Crippen molar-refractivity contribution in [3.63, 3.8) is 0 Å². The van der Waals surface area contributed by atoms with Gasteiger partial charge in [-0.15, -0.1) is 12.3 Å². The zero-order valence-corrected chi connectivity index (χ0v) is 12.7. The van der Waals surface area contributed by atoms with E-state index in [4.69, 9.17) is 12.2 Å². The number of carbonyl (C=O) groups excluding carboxylic acids is 1. The molecule has 1 fully saturated rings. The molecule has 4 unspecified atom stereocenters. The zero-order valence-electron chi connectivity index (χ0n) is 12.7. The predicted molar refractivity (Wildman–Crippen MR) is 79.3 cm³/mol. The predicted octanol–water partition coefficient (Wildman–Crippen LogP) is 2.30. The fourth-order valence-corrected chi connectivity index (χ4v) is 3.06. The van der Waals surface area contributed by atoms with Crippen LogP contribution in [-0.4, -0.2) is 18.0 Å². The molecule has 0 spiro atoms. The van der Waals surface area contributed by atoms with Crippen molar-refractivity contribution in [1.82, 2.24) is 5.32 Å². The van der Waals surface area contributed by atoms with Crippen molar-refractivity contribution < 1.29 is 4.79 Å². The summed E-state index contributed by atoms with van der Waals surface area (Å²) in [5.74, 6) is 3.16. The Bertz CT molecular complexity index is 356. The number of carbonyl (C=O) groups is 1. The highest BCUT2D eigenvalue weighted by molar-refractivity contribution is 5.80. The molecule has 0 heterocycles. The summed E-state index contributed by atoms with van der Waals surface area (Å²) in [5, 5.41) is 3.11. The normalized spacial score (nSPS) is 31.3. The van der Waals surface area contributed by atoms with Crippen molar-refractivity contribution in [2.24, 2.45) is 23.0 Å². The lowest BCUT2D eigenvalue weighted by Gasteiger charge is -2.46. The molecule has 0 bridgehead atoms. The Balaban J connectivity index is 2.74. The fourth-order valence-electron chi connectivity index (χ4n) is 3.06. The van der Waals surface area contributed by atoms with Gasteiger partial charge in [-0.2, -0.15) is 0 Å². The monoisotopic (exact) mass is 264 g/mol. The van der Waals surface area contributed by atoms with Crippen molar-refractivity contribution in [3.05, 3.63) is 0 Å². The van der Waals surface area contributed by atoms with Crippen LogP contribution in [0.4, 0.5) is 0 Å². The van der Waals surface area contributed by atoms with Gasteiger partial charge < -0.3 is 11.1 Å². The third-order valence-electron chi connectivity index (χ3n) is 5.02. The minimum atomic E-state index is -0.0593. The van der Waals surface area contributed by atoms with E-state index in [9.17, 15) is 4.79 Å². The lowest BCUT2D eigenvalue weighted by atomic mass is 9.61. The molecule has 0 saturated heterocycles. The van der Waals surface area contributed by atoms with E-state index in [1.54, 1.807) is 0 Å². The maximum atomic E-state index is 12.5. The van der Waals surface area contributed by atoms with Crippen LogP contribution in [0.25, 0.3) is 0 Å². The molecular formula is C16H28N2O. The molecule has 0 aliphatic heterocycles. The summed E-state index contributed by atoms with van der Waals surface area (Å²) >= 11 is 0. The SMILES string of the molecule is C#CCC(CC)NC(=O)C1CCC(N)C(C)C1(C)C. The van der Waals surface area contributed by atoms with Gasteiger partial charge in [-0.3, -0.25) is 4.79 Å². The highest BCUT2D eigenvalue weighted by Gasteiger charge is 2.45. The summed E-state index contributed by atoms with van der Waals surface area (Å²) in [7, 11) is 0. The van der Waals surface area contributed by atoms with Crippen LogP contribution < -0.4 is 11.1 Å². The van der Waals surface area contributed by atoms with Gasteiger partial charge >= 0.3 is 0 Å².